The Balaban J connectivity index is 1.23. The summed E-state index contributed by atoms with van der Waals surface area (Å²) in [6, 6.07) is 21.5. The Morgan fingerprint density at radius 3 is 2.45 bits per heavy atom. The normalized spacial score (nSPS) is 19.8. The Kier molecular flexibility index (Phi) is 8.17. The maximum Gasteiger partial charge on any atom is 0.409 e. The molecule has 3 aromatic carbocycles. The molecule has 5 rings (SSSR count). The molecule has 0 bridgehead atoms. The smallest absolute Gasteiger partial charge is 0.409 e. The van der Waals surface area contributed by atoms with Crippen molar-refractivity contribution in [1.82, 2.24) is 9.80 Å². The number of rotatable bonds is 5. The minimum Gasteiger partial charge on any atom is -0.465 e. The van der Waals surface area contributed by atoms with E-state index in [1.54, 1.807) is 12.1 Å². The molecule has 0 aromatic heterocycles. The third-order valence-corrected chi connectivity index (χ3v) is 8.55. The highest BCUT2D eigenvalue weighted by atomic mass is 79.9. The van der Waals surface area contributed by atoms with Crippen LogP contribution in [0.15, 0.2) is 71.2 Å². The predicted octanol–water partition coefficient (Wildman–Crippen LogP) is 7.07. The van der Waals surface area contributed by atoms with Crippen LogP contribution in [0.25, 0.3) is 12.2 Å². The molecule has 2 saturated heterocycles. The molecule has 3 aromatic rings. The number of fused-ring (bicyclic) bond motifs is 1. The SMILES string of the molecule is O=C(O)Nc1ccc(/C=C/c2cccc(C(=O)N3CCN4C[C@@H](c5ccc(Cl)cc5)CC[C@@H]4C3)c2Br)cc1. The molecule has 0 aliphatic carbocycles. The van der Waals surface area contributed by atoms with Crippen LogP contribution in [0.1, 0.15) is 45.8 Å². The number of amides is 2. The number of carbonyl (C=O) groups is 2. The minimum atomic E-state index is -1.09. The molecule has 2 atom stereocenters. The van der Waals surface area contributed by atoms with Gasteiger partial charge >= 0.3 is 6.09 Å². The van der Waals surface area contributed by atoms with E-state index in [2.05, 4.69) is 38.3 Å². The van der Waals surface area contributed by atoms with Gasteiger partial charge in [-0.05, 0) is 81.7 Å². The van der Waals surface area contributed by atoms with Crippen molar-refractivity contribution in [2.24, 2.45) is 0 Å². The summed E-state index contributed by atoms with van der Waals surface area (Å²) in [4.78, 5) is 28.9. The number of halogens is 2. The Labute approximate surface area is 236 Å². The van der Waals surface area contributed by atoms with Crippen LogP contribution in [-0.4, -0.2) is 59.1 Å². The number of piperazine rings is 1. The summed E-state index contributed by atoms with van der Waals surface area (Å²) >= 11 is 9.74. The molecule has 0 spiro atoms. The van der Waals surface area contributed by atoms with Gasteiger partial charge in [0.25, 0.3) is 5.91 Å². The molecule has 0 unspecified atom stereocenters. The molecule has 2 aliphatic heterocycles. The highest BCUT2D eigenvalue weighted by molar-refractivity contribution is 9.10. The number of nitrogens with zero attached hydrogens (tertiary/aromatic N) is 2. The van der Waals surface area contributed by atoms with E-state index in [4.69, 9.17) is 16.7 Å². The third kappa shape index (κ3) is 6.12. The Bertz CT molecular complexity index is 1340. The standard InChI is InChI=1S/C30H29BrClN3O3/c31-28-22(7-4-20-5-13-25(14-6-20)33-30(37)38)2-1-3-27(28)29(36)35-17-16-34-18-23(10-15-26(34)19-35)21-8-11-24(32)12-9-21/h1-9,11-14,23,26,33H,10,15-19H2,(H,37,38)/b7-4+/t23-,26+/m0/s1. The lowest BCUT2D eigenvalue weighted by Crippen LogP contribution is -2.57. The average molecular weight is 595 g/mol. The molecule has 2 fully saturated rings. The van der Waals surface area contributed by atoms with Crippen LogP contribution in [0.2, 0.25) is 5.02 Å². The second-order valence-electron chi connectivity index (χ2n) is 9.82. The lowest BCUT2D eigenvalue weighted by atomic mass is 9.86. The lowest BCUT2D eigenvalue weighted by Gasteiger charge is -2.46. The van der Waals surface area contributed by atoms with Crippen LogP contribution in [0.4, 0.5) is 10.5 Å². The highest BCUT2D eigenvalue weighted by Gasteiger charge is 2.35. The fourth-order valence-electron chi connectivity index (χ4n) is 5.37. The molecule has 38 heavy (non-hydrogen) atoms. The Morgan fingerprint density at radius 2 is 1.71 bits per heavy atom. The average Bonchev–Trinajstić information content (AvgIpc) is 2.92. The summed E-state index contributed by atoms with van der Waals surface area (Å²) in [6.45, 7) is 3.36. The van der Waals surface area contributed by atoms with Gasteiger partial charge in [-0.15, -0.1) is 0 Å². The van der Waals surface area contributed by atoms with E-state index >= 15 is 0 Å². The predicted molar refractivity (Wildman–Crippen MR) is 156 cm³/mol. The van der Waals surface area contributed by atoms with Crippen molar-refractivity contribution < 1.29 is 14.7 Å². The van der Waals surface area contributed by atoms with Crippen LogP contribution < -0.4 is 5.32 Å². The number of carbonyl (C=O) groups excluding carboxylic acids is 1. The number of carboxylic acid groups (broad SMARTS) is 1. The molecule has 0 radical (unpaired) electrons. The van der Waals surface area contributed by atoms with Crippen molar-refractivity contribution in [1.29, 1.82) is 0 Å². The van der Waals surface area contributed by atoms with Gasteiger partial charge in [-0.25, -0.2) is 4.79 Å². The maximum absolute atomic E-state index is 13.6. The van der Waals surface area contributed by atoms with Crippen molar-refractivity contribution in [2.75, 3.05) is 31.5 Å². The Hall–Kier alpha value is -3.13. The van der Waals surface area contributed by atoms with Crippen LogP contribution in [-0.2, 0) is 0 Å². The summed E-state index contributed by atoms with van der Waals surface area (Å²) in [5.74, 6) is 0.559. The van der Waals surface area contributed by atoms with E-state index in [9.17, 15) is 9.59 Å². The van der Waals surface area contributed by atoms with Gasteiger partial charge in [-0.1, -0.05) is 60.2 Å². The zero-order valence-electron chi connectivity index (χ0n) is 20.8. The molecule has 6 nitrogen and oxygen atoms in total. The monoisotopic (exact) mass is 593 g/mol. The molecule has 2 N–H and O–H groups in total. The second-order valence-corrected chi connectivity index (χ2v) is 11.0. The van der Waals surface area contributed by atoms with E-state index in [-0.39, 0.29) is 5.91 Å². The summed E-state index contributed by atoms with van der Waals surface area (Å²) in [5, 5.41) is 11.9. The summed E-state index contributed by atoms with van der Waals surface area (Å²) < 4.78 is 0.777. The first-order valence-corrected chi connectivity index (χ1v) is 13.9. The molecule has 2 heterocycles. The van der Waals surface area contributed by atoms with Gasteiger partial charge in [0.05, 0.1) is 5.56 Å². The van der Waals surface area contributed by atoms with Gasteiger partial charge in [-0.3, -0.25) is 15.0 Å². The van der Waals surface area contributed by atoms with Gasteiger partial charge in [0.1, 0.15) is 0 Å². The van der Waals surface area contributed by atoms with Crippen molar-refractivity contribution in [3.63, 3.8) is 0 Å². The van der Waals surface area contributed by atoms with Crippen LogP contribution in [0, 0.1) is 0 Å². The largest absolute Gasteiger partial charge is 0.465 e. The van der Waals surface area contributed by atoms with Crippen LogP contribution >= 0.6 is 27.5 Å². The number of hydrogen-bond donors (Lipinski definition) is 2. The van der Waals surface area contributed by atoms with E-state index in [1.807, 2.05) is 59.5 Å². The first kappa shape index (κ1) is 26.5. The number of nitrogens with one attached hydrogen (secondary N) is 1. The zero-order chi connectivity index (χ0) is 26.6. The van der Waals surface area contributed by atoms with Crippen molar-refractivity contribution in [3.05, 3.63) is 98.5 Å². The fraction of sp³-hybridized carbons (Fsp3) is 0.267. The minimum absolute atomic E-state index is 0.0516. The molecule has 2 aliphatic rings. The van der Waals surface area contributed by atoms with Crippen LogP contribution in [0.3, 0.4) is 0 Å². The van der Waals surface area contributed by atoms with Crippen molar-refractivity contribution >= 4 is 57.4 Å². The molecule has 196 valence electrons. The van der Waals surface area contributed by atoms with Gasteiger partial charge in [-0.2, -0.15) is 0 Å². The lowest BCUT2D eigenvalue weighted by molar-refractivity contribution is 0.0328. The van der Waals surface area contributed by atoms with Gasteiger partial charge in [0.2, 0.25) is 0 Å². The van der Waals surface area contributed by atoms with Crippen molar-refractivity contribution in [2.45, 2.75) is 24.8 Å². The maximum atomic E-state index is 13.6. The number of anilines is 1. The molecular formula is C30H29BrClN3O3. The molecule has 2 amide bonds. The number of hydrogen-bond acceptors (Lipinski definition) is 3. The first-order valence-electron chi connectivity index (χ1n) is 12.7. The van der Waals surface area contributed by atoms with E-state index in [0.29, 0.717) is 29.8 Å². The number of piperidine rings is 1. The van der Waals surface area contributed by atoms with Gasteiger partial charge < -0.3 is 10.0 Å². The summed E-state index contributed by atoms with van der Waals surface area (Å²) in [7, 11) is 0. The van der Waals surface area contributed by atoms with Gasteiger partial charge in [0, 0.05) is 47.4 Å². The van der Waals surface area contributed by atoms with Gasteiger partial charge in [0.15, 0.2) is 0 Å². The first-order chi connectivity index (χ1) is 18.4. The fourth-order valence-corrected chi connectivity index (χ4v) is 6.06. The quantitative estimate of drug-likeness (QED) is 0.310. The van der Waals surface area contributed by atoms with E-state index < -0.39 is 6.09 Å². The van der Waals surface area contributed by atoms with Crippen LogP contribution in [0.5, 0.6) is 0 Å². The Morgan fingerprint density at radius 1 is 0.947 bits per heavy atom. The highest BCUT2D eigenvalue weighted by Crippen LogP contribution is 2.33. The topological polar surface area (TPSA) is 72.9 Å². The molecule has 0 saturated carbocycles. The zero-order valence-corrected chi connectivity index (χ0v) is 23.2. The summed E-state index contributed by atoms with van der Waals surface area (Å²) in [6.07, 6.45) is 4.99. The number of benzene rings is 3. The van der Waals surface area contributed by atoms with E-state index in [1.165, 1.54) is 5.56 Å². The summed E-state index contributed by atoms with van der Waals surface area (Å²) in [5.41, 5.74) is 4.35. The molecule has 8 heteroatoms. The second kappa shape index (κ2) is 11.7. The third-order valence-electron chi connectivity index (χ3n) is 7.41. The van der Waals surface area contributed by atoms with Crippen molar-refractivity contribution in [3.8, 4) is 0 Å². The van der Waals surface area contributed by atoms with E-state index in [0.717, 1.165) is 53.1 Å². The molecular weight excluding hydrogens is 566 g/mol.